The van der Waals surface area contributed by atoms with E-state index in [1.165, 1.54) is 0 Å². The molecule has 152 valence electrons. The summed E-state index contributed by atoms with van der Waals surface area (Å²) >= 11 is 0. The van der Waals surface area contributed by atoms with Crippen LogP contribution in [0.15, 0.2) is 0 Å². The van der Waals surface area contributed by atoms with Gasteiger partial charge in [0, 0.05) is 0 Å². The lowest BCUT2D eigenvalue weighted by Gasteiger charge is -2.74. The van der Waals surface area contributed by atoms with Crippen molar-refractivity contribution in [3.63, 3.8) is 0 Å². The molecule has 6 unspecified atom stereocenters. The van der Waals surface area contributed by atoms with Gasteiger partial charge in [-0.2, -0.15) is 0 Å². The van der Waals surface area contributed by atoms with Gasteiger partial charge in [-0.15, -0.1) is 0 Å². The van der Waals surface area contributed by atoms with Crippen molar-refractivity contribution in [1.82, 2.24) is 0 Å². The van der Waals surface area contributed by atoms with Crippen molar-refractivity contribution in [1.29, 1.82) is 0 Å². The van der Waals surface area contributed by atoms with E-state index in [1.54, 1.807) is 20.8 Å². The highest BCUT2D eigenvalue weighted by Crippen LogP contribution is 2.80. The average molecular weight is 384 g/mol. The van der Waals surface area contributed by atoms with E-state index in [1.807, 2.05) is 0 Å². The number of fused-ring (bicyclic) bond motifs is 1. The Hall–Kier alpha value is -2.12. The fraction of sp³-hybridized carbons (Fsp3) is 0.789. The normalized spacial score (nSPS) is 40.5. The smallest absolute Gasteiger partial charge is 0.311 e. The third-order valence-electron chi connectivity index (χ3n) is 7.37. The molecule has 8 heteroatoms. The molecule has 0 aromatic carbocycles. The zero-order valence-corrected chi connectivity index (χ0v) is 15.9. The highest BCUT2D eigenvalue weighted by atomic mass is 16.4. The Morgan fingerprint density at radius 1 is 0.852 bits per heavy atom. The van der Waals surface area contributed by atoms with Gasteiger partial charge >= 0.3 is 23.9 Å². The molecule has 0 heterocycles. The molecule has 0 aliphatic heterocycles. The summed E-state index contributed by atoms with van der Waals surface area (Å²) in [5.74, 6) is -8.14. The number of hydrogen-bond donors (Lipinski definition) is 4. The summed E-state index contributed by atoms with van der Waals surface area (Å²) in [7, 11) is 0. The molecular formula is C19H28O8. The molecule has 0 bridgehead atoms. The summed E-state index contributed by atoms with van der Waals surface area (Å²) in [5, 5.41) is 39.4. The second-order valence-electron chi connectivity index (χ2n) is 8.29. The molecule has 2 aliphatic carbocycles. The van der Waals surface area contributed by atoms with Crippen LogP contribution in [-0.4, -0.2) is 44.3 Å². The first kappa shape index (κ1) is 21.2. The summed E-state index contributed by atoms with van der Waals surface area (Å²) in [6.45, 7) is 5.19. The maximum Gasteiger partial charge on any atom is 0.311 e. The number of carboxylic acids is 4. The van der Waals surface area contributed by atoms with E-state index in [-0.39, 0.29) is 25.7 Å². The Morgan fingerprint density at radius 2 is 1.37 bits per heavy atom. The van der Waals surface area contributed by atoms with Gasteiger partial charge in [-0.25, -0.2) is 0 Å². The highest BCUT2D eigenvalue weighted by molar-refractivity contribution is 5.92. The molecule has 0 aromatic rings. The fourth-order valence-electron chi connectivity index (χ4n) is 6.54. The second kappa shape index (κ2) is 6.80. The van der Waals surface area contributed by atoms with Crippen LogP contribution in [0, 0.1) is 34.0 Å². The van der Waals surface area contributed by atoms with Crippen molar-refractivity contribution in [2.45, 2.75) is 59.3 Å². The van der Waals surface area contributed by atoms with E-state index < -0.39 is 57.9 Å². The van der Waals surface area contributed by atoms with Crippen LogP contribution in [0.5, 0.6) is 0 Å². The van der Waals surface area contributed by atoms with Gasteiger partial charge in [-0.1, -0.05) is 33.6 Å². The van der Waals surface area contributed by atoms with Gasteiger partial charge in [0.1, 0.15) is 0 Å². The maximum atomic E-state index is 12.5. The summed E-state index contributed by atoms with van der Waals surface area (Å²) < 4.78 is 0. The van der Waals surface area contributed by atoms with Crippen molar-refractivity contribution < 1.29 is 39.6 Å². The first-order valence-corrected chi connectivity index (χ1v) is 9.40. The fourth-order valence-corrected chi connectivity index (χ4v) is 6.54. The number of hydrogen-bond acceptors (Lipinski definition) is 4. The van der Waals surface area contributed by atoms with E-state index in [0.29, 0.717) is 12.8 Å². The first-order valence-electron chi connectivity index (χ1n) is 9.40. The molecule has 0 saturated heterocycles. The molecule has 2 rings (SSSR count). The van der Waals surface area contributed by atoms with E-state index in [4.69, 9.17) is 0 Å². The van der Waals surface area contributed by atoms with Gasteiger partial charge in [-0.05, 0) is 37.0 Å². The molecule has 27 heavy (non-hydrogen) atoms. The topological polar surface area (TPSA) is 149 Å². The van der Waals surface area contributed by atoms with Gasteiger partial charge in [0.05, 0.1) is 22.7 Å². The Labute approximate surface area is 157 Å². The average Bonchev–Trinajstić information content (AvgIpc) is 2.56. The largest absolute Gasteiger partial charge is 0.481 e. The number of carboxylic acid groups (broad SMARTS) is 4. The van der Waals surface area contributed by atoms with Crippen molar-refractivity contribution in [2.75, 3.05) is 0 Å². The van der Waals surface area contributed by atoms with Gasteiger partial charge < -0.3 is 20.4 Å². The standard InChI is InChI=1S/C19H28O8/c1-4-6-18(15(24)25)12-8-10(13(20)21)11(14(22)23)9-17(12,3)19(18,7-5-2)16(26)27/h10-12H,4-9H2,1-3H3,(H,20,21)(H,22,23)(H,24,25)(H,26,27). The lowest BCUT2D eigenvalue weighted by Crippen LogP contribution is -2.79. The SMILES string of the molecule is CCCC1(C(=O)O)C2CC(C(=O)O)C(C(=O)O)CC2(C)C1(CCC)C(=O)O. The number of rotatable bonds is 8. The predicted octanol–water partition coefficient (Wildman–Crippen LogP) is 2.56. The van der Waals surface area contributed by atoms with E-state index >= 15 is 0 Å². The van der Waals surface area contributed by atoms with Crippen LogP contribution in [0.3, 0.4) is 0 Å². The molecule has 8 nitrogen and oxygen atoms in total. The van der Waals surface area contributed by atoms with Crippen LogP contribution in [0.2, 0.25) is 0 Å². The van der Waals surface area contributed by atoms with Crippen LogP contribution >= 0.6 is 0 Å². The molecule has 2 saturated carbocycles. The summed E-state index contributed by atoms with van der Waals surface area (Å²) in [5.41, 5.74) is -4.29. The van der Waals surface area contributed by atoms with Gasteiger partial charge in [0.25, 0.3) is 0 Å². The molecule has 0 amide bonds. The third kappa shape index (κ3) is 2.41. The summed E-state index contributed by atoms with van der Waals surface area (Å²) in [6, 6.07) is 0. The van der Waals surface area contributed by atoms with Gasteiger partial charge in [0.15, 0.2) is 0 Å². The quantitative estimate of drug-likeness (QED) is 0.499. The number of carbonyl (C=O) groups is 4. The lowest BCUT2D eigenvalue weighted by molar-refractivity contribution is -0.296. The molecular weight excluding hydrogens is 356 g/mol. The van der Waals surface area contributed by atoms with Crippen molar-refractivity contribution in [3.8, 4) is 0 Å². The maximum absolute atomic E-state index is 12.5. The van der Waals surface area contributed by atoms with Crippen molar-refractivity contribution in [3.05, 3.63) is 0 Å². The molecule has 0 radical (unpaired) electrons. The first-order chi connectivity index (χ1) is 12.5. The molecule has 0 spiro atoms. The second-order valence-corrected chi connectivity index (χ2v) is 8.29. The Morgan fingerprint density at radius 3 is 1.74 bits per heavy atom. The molecule has 2 aliphatic rings. The Balaban J connectivity index is 2.72. The van der Waals surface area contributed by atoms with Gasteiger partial charge in [-0.3, -0.25) is 19.2 Å². The zero-order valence-electron chi connectivity index (χ0n) is 15.9. The minimum absolute atomic E-state index is 0.117. The van der Waals surface area contributed by atoms with Crippen LogP contribution < -0.4 is 0 Å². The monoisotopic (exact) mass is 384 g/mol. The molecule has 6 atom stereocenters. The third-order valence-corrected chi connectivity index (χ3v) is 7.37. The number of aliphatic carboxylic acids is 4. The van der Waals surface area contributed by atoms with Crippen LogP contribution in [0.1, 0.15) is 59.3 Å². The molecule has 2 fully saturated rings. The Kier molecular flexibility index (Phi) is 5.33. The van der Waals surface area contributed by atoms with Gasteiger partial charge in [0.2, 0.25) is 0 Å². The van der Waals surface area contributed by atoms with Crippen LogP contribution in [0.4, 0.5) is 0 Å². The van der Waals surface area contributed by atoms with Crippen molar-refractivity contribution >= 4 is 23.9 Å². The molecule has 4 N–H and O–H groups in total. The minimum atomic E-state index is -1.61. The van der Waals surface area contributed by atoms with E-state index in [2.05, 4.69) is 0 Å². The van der Waals surface area contributed by atoms with Crippen LogP contribution in [-0.2, 0) is 19.2 Å². The van der Waals surface area contributed by atoms with E-state index in [0.717, 1.165) is 0 Å². The predicted molar refractivity (Wildman–Crippen MR) is 93.0 cm³/mol. The minimum Gasteiger partial charge on any atom is -0.481 e. The highest BCUT2D eigenvalue weighted by Gasteiger charge is 2.84. The lowest BCUT2D eigenvalue weighted by atomic mass is 9.26. The zero-order chi connectivity index (χ0) is 20.8. The van der Waals surface area contributed by atoms with Crippen molar-refractivity contribution in [2.24, 2.45) is 34.0 Å². The Bertz CT molecular complexity index is 673. The summed E-state index contributed by atoms with van der Waals surface area (Å²) in [6.07, 6.45) is 0.846. The van der Waals surface area contributed by atoms with E-state index in [9.17, 15) is 39.6 Å². The molecule has 0 aromatic heterocycles. The van der Waals surface area contributed by atoms with Crippen LogP contribution in [0.25, 0.3) is 0 Å². The summed E-state index contributed by atoms with van der Waals surface area (Å²) in [4.78, 5) is 48.4.